The van der Waals surface area contributed by atoms with Crippen molar-refractivity contribution >= 4 is 54.3 Å². The fraction of sp³-hybridized carbons (Fsp3) is 0. The van der Waals surface area contributed by atoms with Crippen molar-refractivity contribution in [2.75, 3.05) is 0 Å². The van der Waals surface area contributed by atoms with E-state index in [1.54, 1.807) is 0 Å². The zero-order valence-corrected chi connectivity index (χ0v) is 33.0. The van der Waals surface area contributed by atoms with Crippen molar-refractivity contribution in [1.82, 2.24) is 15.0 Å². The number of hydrogen-bond donors (Lipinski definition) is 0. The van der Waals surface area contributed by atoms with E-state index >= 15 is 0 Å². The van der Waals surface area contributed by atoms with Gasteiger partial charge in [0.25, 0.3) is 0 Å². The van der Waals surface area contributed by atoms with Crippen LogP contribution in [0.5, 0.6) is 0 Å². The molecule has 0 bridgehead atoms. The van der Waals surface area contributed by atoms with Crippen molar-refractivity contribution in [1.29, 1.82) is 0 Å². The predicted octanol–water partition coefficient (Wildman–Crippen LogP) is 15.2. The normalized spacial score (nSPS) is 11.6. The van der Waals surface area contributed by atoms with Gasteiger partial charge in [0.1, 0.15) is 11.2 Å². The first-order valence-electron chi connectivity index (χ1n) is 20.6. The highest BCUT2D eigenvalue weighted by molar-refractivity contribution is 6.14. The molecule has 0 atom stereocenters. The van der Waals surface area contributed by atoms with Gasteiger partial charge in [0.2, 0.25) is 0 Å². The highest BCUT2D eigenvalue weighted by Gasteiger charge is 2.18. The lowest BCUT2D eigenvalue weighted by molar-refractivity contribution is 0.669. The summed E-state index contributed by atoms with van der Waals surface area (Å²) in [5.41, 5.74) is 11.4. The molecule has 0 saturated carbocycles. The largest absolute Gasteiger partial charge is 0.456 e. The molecule has 2 aromatic heterocycles. The van der Waals surface area contributed by atoms with Crippen molar-refractivity contribution in [2.45, 2.75) is 0 Å². The third-order valence-electron chi connectivity index (χ3n) is 11.9. The minimum Gasteiger partial charge on any atom is -0.456 e. The molecule has 12 aromatic rings. The maximum Gasteiger partial charge on any atom is 0.164 e. The van der Waals surface area contributed by atoms with Crippen molar-refractivity contribution in [3.63, 3.8) is 0 Å². The minimum atomic E-state index is 0.621. The van der Waals surface area contributed by atoms with Gasteiger partial charge in [-0.25, -0.2) is 15.0 Å². The Kier molecular flexibility index (Phi) is 8.13. The topological polar surface area (TPSA) is 51.8 Å². The number of rotatable bonds is 6. The van der Waals surface area contributed by atoms with Crippen LogP contribution in [0.4, 0.5) is 0 Å². The molecular weight excluding hydrogens is 743 g/mol. The molecule has 284 valence electrons. The fourth-order valence-electron chi connectivity index (χ4n) is 8.96. The van der Waals surface area contributed by atoms with E-state index in [-0.39, 0.29) is 0 Å². The third-order valence-corrected chi connectivity index (χ3v) is 11.9. The molecule has 0 fully saturated rings. The SMILES string of the molecule is c1ccc(-c2cccc3oc4cc(-c5ccc(-c6nc(-c7ccc(-c8cccc9ccccc89)cc7)nc(-c7ccc8ccccc8c7)n6)c6ccccc56)ccc4c23)cc1. The Morgan fingerprint density at radius 1 is 0.262 bits per heavy atom. The van der Waals surface area contributed by atoms with Crippen LogP contribution in [0.1, 0.15) is 0 Å². The number of benzene rings is 10. The summed E-state index contributed by atoms with van der Waals surface area (Å²) in [6.45, 7) is 0. The number of hydrogen-bond acceptors (Lipinski definition) is 4. The quantitative estimate of drug-likeness (QED) is 0.169. The van der Waals surface area contributed by atoms with Gasteiger partial charge in [-0.3, -0.25) is 0 Å². The molecule has 12 rings (SSSR count). The Bertz CT molecular complexity index is 3640. The summed E-state index contributed by atoms with van der Waals surface area (Å²) >= 11 is 0. The van der Waals surface area contributed by atoms with Crippen molar-refractivity contribution < 1.29 is 4.42 Å². The lowest BCUT2D eigenvalue weighted by Crippen LogP contribution is -2.01. The Morgan fingerprint density at radius 3 is 1.66 bits per heavy atom. The van der Waals surface area contributed by atoms with Crippen LogP contribution in [0.2, 0.25) is 0 Å². The van der Waals surface area contributed by atoms with Gasteiger partial charge in [-0.2, -0.15) is 0 Å². The monoisotopic (exact) mass is 777 g/mol. The molecule has 0 aliphatic carbocycles. The minimum absolute atomic E-state index is 0.621. The molecule has 0 saturated heterocycles. The molecule has 0 aliphatic rings. The van der Waals surface area contributed by atoms with Crippen LogP contribution in [0.25, 0.3) is 122 Å². The van der Waals surface area contributed by atoms with Crippen LogP contribution in [0, 0.1) is 0 Å². The molecule has 0 unspecified atom stereocenters. The van der Waals surface area contributed by atoms with E-state index in [9.17, 15) is 0 Å². The van der Waals surface area contributed by atoms with Crippen molar-refractivity contribution in [3.05, 3.63) is 212 Å². The summed E-state index contributed by atoms with van der Waals surface area (Å²) < 4.78 is 6.54. The molecule has 10 aromatic carbocycles. The Labute approximate surface area is 352 Å². The van der Waals surface area contributed by atoms with Crippen molar-refractivity contribution in [2.24, 2.45) is 0 Å². The second-order valence-corrected chi connectivity index (χ2v) is 15.5. The van der Waals surface area contributed by atoms with Crippen LogP contribution < -0.4 is 0 Å². The Morgan fingerprint density at radius 2 is 0.820 bits per heavy atom. The fourth-order valence-corrected chi connectivity index (χ4v) is 8.96. The summed E-state index contributed by atoms with van der Waals surface area (Å²) in [5, 5.41) is 9.15. The molecule has 0 radical (unpaired) electrons. The smallest absolute Gasteiger partial charge is 0.164 e. The van der Waals surface area contributed by atoms with Crippen LogP contribution >= 0.6 is 0 Å². The Hall–Kier alpha value is -8.21. The van der Waals surface area contributed by atoms with Crippen LogP contribution in [0.3, 0.4) is 0 Å². The predicted molar refractivity (Wildman–Crippen MR) is 252 cm³/mol. The second-order valence-electron chi connectivity index (χ2n) is 15.5. The van der Waals surface area contributed by atoms with E-state index in [2.05, 4.69) is 212 Å². The first-order valence-corrected chi connectivity index (χ1v) is 20.6. The lowest BCUT2D eigenvalue weighted by atomic mass is 9.93. The van der Waals surface area contributed by atoms with E-state index in [4.69, 9.17) is 19.4 Å². The van der Waals surface area contributed by atoms with Gasteiger partial charge >= 0.3 is 0 Å². The van der Waals surface area contributed by atoms with Gasteiger partial charge in [-0.1, -0.05) is 182 Å². The van der Waals surface area contributed by atoms with E-state index in [0.29, 0.717) is 17.5 Å². The lowest BCUT2D eigenvalue weighted by Gasteiger charge is -2.13. The molecular formula is C57H35N3O. The maximum atomic E-state index is 6.54. The first-order chi connectivity index (χ1) is 30.2. The van der Waals surface area contributed by atoms with Gasteiger partial charge in [0.05, 0.1) is 0 Å². The molecule has 0 N–H and O–H groups in total. The Balaban J connectivity index is 0.992. The molecule has 0 amide bonds. The van der Waals surface area contributed by atoms with Gasteiger partial charge in [0, 0.05) is 27.5 Å². The number of fused-ring (bicyclic) bond motifs is 6. The standard InChI is InChI=1S/C57H35N3O/c1-2-13-38(14-3-1)47-22-11-23-52-54(47)51-31-30-42(35-53(51)61-52)46-32-33-50(49-20-9-8-19-48(46)49)57-59-55(58-56(60-57)43-29-24-36-12-4-5-16-41(36)34-43)40-27-25-39(26-28-40)45-21-10-17-37-15-6-7-18-44(37)45/h1-35H. The highest BCUT2D eigenvalue weighted by atomic mass is 16.3. The van der Waals surface area contributed by atoms with Gasteiger partial charge in [-0.15, -0.1) is 0 Å². The van der Waals surface area contributed by atoms with Crippen LogP contribution in [-0.4, -0.2) is 15.0 Å². The average molecular weight is 778 g/mol. The highest BCUT2D eigenvalue weighted by Crippen LogP contribution is 2.41. The average Bonchev–Trinajstić information content (AvgIpc) is 3.72. The summed E-state index contributed by atoms with van der Waals surface area (Å²) in [5.74, 6) is 1.87. The first kappa shape index (κ1) is 34.8. The maximum absolute atomic E-state index is 6.54. The number of nitrogens with zero attached hydrogens (tertiary/aromatic N) is 3. The van der Waals surface area contributed by atoms with Crippen LogP contribution in [-0.2, 0) is 0 Å². The van der Waals surface area contributed by atoms with Gasteiger partial charge in [0.15, 0.2) is 17.5 Å². The summed E-state index contributed by atoms with van der Waals surface area (Å²) in [6.07, 6.45) is 0. The summed E-state index contributed by atoms with van der Waals surface area (Å²) in [7, 11) is 0. The molecule has 0 aliphatic heterocycles. The molecule has 4 heteroatoms. The van der Waals surface area contributed by atoms with Crippen molar-refractivity contribution in [3.8, 4) is 67.5 Å². The molecule has 4 nitrogen and oxygen atoms in total. The zero-order valence-electron chi connectivity index (χ0n) is 33.0. The number of furan rings is 1. The van der Waals surface area contributed by atoms with E-state index < -0.39 is 0 Å². The van der Waals surface area contributed by atoms with Gasteiger partial charge < -0.3 is 4.42 Å². The summed E-state index contributed by atoms with van der Waals surface area (Å²) in [6, 6.07) is 74.6. The third kappa shape index (κ3) is 6.04. The second kappa shape index (κ2) is 14.3. The molecule has 61 heavy (non-hydrogen) atoms. The van der Waals surface area contributed by atoms with Gasteiger partial charge in [-0.05, 0) is 96.0 Å². The number of aromatic nitrogens is 3. The van der Waals surface area contributed by atoms with E-state index in [1.165, 1.54) is 32.8 Å². The van der Waals surface area contributed by atoms with E-state index in [0.717, 1.165) is 71.5 Å². The summed E-state index contributed by atoms with van der Waals surface area (Å²) in [4.78, 5) is 15.6. The van der Waals surface area contributed by atoms with E-state index in [1.807, 2.05) is 0 Å². The van der Waals surface area contributed by atoms with Crippen LogP contribution in [0.15, 0.2) is 217 Å². The zero-order chi connectivity index (χ0) is 40.3. The molecule has 2 heterocycles. The molecule has 0 spiro atoms.